The third kappa shape index (κ3) is 4.44. The van der Waals surface area contributed by atoms with E-state index in [9.17, 15) is 17.6 Å². The molecule has 174 valence electrons. The van der Waals surface area contributed by atoms with Gasteiger partial charge in [-0.05, 0) is 49.2 Å². The van der Waals surface area contributed by atoms with Crippen molar-refractivity contribution in [2.75, 3.05) is 18.4 Å². The maximum absolute atomic E-state index is 13.4. The molecule has 1 amide bonds. The molecule has 0 spiro atoms. The fourth-order valence-corrected chi connectivity index (χ4v) is 5.77. The Bertz CT molecular complexity index is 1450. The summed E-state index contributed by atoms with van der Waals surface area (Å²) in [6.45, 7) is 0.405. The number of nitrogens with zero attached hydrogens (tertiary/aromatic N) is 2. The van der Waals surface area contributed by atoms with Gasteiger partial charge in [0.1, 0.15) is 11.6 Å². The first-order valence-electron chi connectivity index (χ1n) is 11.0. The summed E-state index contributed by atoms with van der Waals surface area (Å²) in [4.78, 5) is 20.6. The number of amides is 1. The highest BCUT2D eigenvalue weighted by Crippen LogP contribution is 2.28. The molecule has 0 bridgehead atoms. The minimum absolute atomic E-state index is 0.0692. The van der Waals surface area contributed by atoms with E-state index in [4.69, 9.17) is 0 Å². The molecule has 3 aromatic carbocycles. The number of carbonyl (C=O) groups is 1. The molecule has 1 aliphatic heterocycles. The van der Waals surface area contributed by atoms with E-state index in [1.807, 2.05) is 30.3 Å². The number of benzene rings is 3. The molecule has 1 atom stereocenters. The largest absolute Gasteiger partial charge is 0.338 e. The number of piperidine rings is 1. The van der Waals surface area contributed by atoms with Gasteiger partial charge in [-0.2, -0.15) is 4.31 Å². The average molecular weight is 479 g/mol. The number of carbonyl (C=O) groups excluding carboxylic acids is 1. The van der Waals surface area contributed by atoms with Gasteiger partial charge in [-0.15, -0.1) is 0 Å². The Morgan fingerprint density at radius 3 is 2.68 bits per heavy atom. The van der Waals surface area contributed by atoms with Crippen LogP contribution in [0.3, 0.4) is 0 Å². The van der Waals surface area contributed by atoms with Crippen LogP contribution in [0.15, 0.2) is 77.7 Å². The highest BCUT2D eigenvalue weighted by atomic mass is 32.2. The normalized spacial score (nSPS) is 17.0. The summed E-state index contributed by atoms with van der Waals surface area (Å²) in [5.41, 5.74) is 2.55. The van der Waals surface area contributed by atoms with E-state index in [1.54, 1.807) is 24.3 Å². The number of aromatic amines is 1. The lowest BCUT2D eigenvalue weighted by molar-refractivity contribution is -0.120. The maximum atomic E-state index is 13.4. The molecule has 0 radical (unpaired) electrons. The Morgan fingerprint density at radius 2 is 1.88 bits per heavy atom. The van der Waals surface area contributed by atoms with E-state index in [-0.39, 0.29) is 17.3 Å². The predicted molar refractivity (Wildman–Crippen MR) is 128 cm³/mol. The van der Waals surface area contributed by atoms with Crippen molar-refractivity contribution >= 4 is 32.7 Å². The van der Waals surface area contributed by atoms with Crippen LogP contribution >= 0.6 is 0 Å². The van der Waals surface area contributed by atoms with Crippen LogP contribution in [0.25, 0.3) is 22.4 Å². The van der Waals surface area contributed by atoms with Gasteiger partial charge in [-0.1, -0.05) is 36.4 Å². The third-order valence-electron chi connectivity index (χ3n) is 5.99. The van der Waals surface area contributed by atoms with E-state index in [0.717, 1.165) is 5.56 Å². The number of hydrogen-bond acceptors (Lipinski definition) is 4. The highest BCUT2D eigenvalue weighted by molar-refractivity contribution is 7.89. The standard InChI is InChI=1S/C25H23FN4O3S/c26-19-9-4-10-20(14-19)27-25(31)18-8-5-13-30(16-18)34(32,33)21-11-12-22-23(15-21)29-24(28-22)17-6-2-1-3-7-17/h1-4,6-7,9-12,14-15,18H,5,8,13,16H2,(H,27,31)(H,28,29)/t18-/m0/s1. The molecule has 4 aromatic rings. The summed E-state index contributed by atoms with van der Waals surface area (Å²) in [6.07, 6.45) is 1.12. The zero-order chi connectivity index (χ0) is 23.7. The fourth-order valence-electron chi connectivity index (χ4n) is 4.22. The molecule has 0 aliphatic carbocycles. The van der Waals surface area contributed by atoms with Crippen molar-refractivity contribution < 1.29 is 17.6 Å². The van der Waals surface area contributed by atoms with Crippen LogP contribution in [-0.4, -0.2) is 41.7 Å². The molecule has 1 fully saturated rings. The summed E-state index contributed by atoms with van der Waals surface area (Å²) >= 11 is 0. The summed E-state index contributed by atoms with van der Waals surface area (Å²) < 4.78 is 41.6. The van der Waals surface area contributed by atoms with Crippen LogP contribution in [-0.2, 0) is 14.8 Å². The SMILES string of the molecule is O=C(Nc1cccc(F)c1)[C@H]1CCCN(S(=O)(=O)c2ccc3nc(-c4ccccc4)[nH]c3c2)C1. The van der Waals surface area contributed by atoms with Crippen molar-refractivity contribution in [3.05, 3.63) is 78.6 Å². The molecule has 0 saturated carbocycles. The van der Waals surface area contributed by atoms with Gasteiger partial charge in [-0.25, -0.2) is 17.8 Å². The summed E-state index contributed by atoms with van der Waals surface area (Å²) in [5, 5.41) is 2.69. The second-order valence-corrected chi connectivity index (χ2v) is 10.3. The topological polar surface area (TPSA) is 95.2 Å². The van der Waals surface area contributed by atoms with Crippen molar-refractivity contribution in [1.29, 1.82) is 0 Å². The minimum atomic E-state index is -3.81. The second kappa shape index (κ2) is 9.00. The first kappa shape index (κ1) is 22.2. The Labute approximate surface area is 196 Å². The van der Waals surface area contributed by atoms with Crippen molar-refractivity contribution in [2.24, 2.45) is 5.92 Å². The number of rotatable bonds is 5. The molecule has 2 N–H and O–H groups in total. The van der Waals surface area contributed by atoms with Gasteiger partial charge in [-0.3, -0.25) is 4.79 Å². The molecule has 1 aliphatic rings. The Hall–Kier alpha value is -3.56. The van der Waals surface area contributed by atoms with Gasteiger partial charge >= 0.3 is 0 Å². The number of sulfonamides is 1. The lowest BCUT2D eigenvalue weighted by Gasteiger charge is -2.31. The molecular formula is C25H23FN4O3S. The van der Waals surface area contributed by atoms with Crippen LogP contribution in [0, 0.1) is 11.7 Å². The number of imidazole rings is 1. The zero-order valence-corrected chi connectivity index (χ0v) is 19.1. The van der Waals surface area contributed by atoms with E-state index in [0.29, 0.717) is 41.9 Å². The monoisotopic (exact) mass is 478 g/mol. The molecule has 0 unspecified atom stereocenters. The molecule has 9 heteroatoms. The number of H-pyrrole nitrogens is 1. The van der Waals surface area contributed by atoms with Crippen molar-refractivity contribution in [2.45, 2.75) is 17.7 Å². The van der Waals surface area contributed by atoms with E-state index < -0.39 is 21.8 Å². The van der Waals surface area contributed by atoms with E-state index in [1.165, 1.54) is 22.5 Å². The Kier molecular flexibility index (Phi) is 5.89. The summed E-state index contributed by atoms with van der Waals surface area (Å²) in [6, 6.07) is 20.1. The quantitative estimate of drug-likeness (QED) is 0.444. The Morgan fingerprint density at radius 1 is 1.06 bits per heavy atom. The second-order valence-electron chi connectivity index (χ2n) is 8.33. The predicted octanol–water partition coefficient (Wildman–Crippen LogP) is 4.41. The van der Waals surface area contributed by atoms with Crippen LogP contribution in [0.2, 0.25) is 0 Å². The summed E-state index contributed by atoms with van der Waals surface area (Å²) in [7, 11) is -3.81. The van der Waals surface area contributed by atoms with Crippen molar-refractivity contribution in [1.82, 2.24) is 14.3 Å². The first-order chi connectivity index (χ1) is 16.4. The molecule has 1 aromatic heterocycles. The van der Waals surface area contributed by atoms with Crippen LogP contribution < -0.4 is 5.32 Å². The Balaban J connectivity index is 1.35. The number of aromatic nitrogens is 2. The summed E-state index contributed by atoms with van der Waals surface area (Å²) in [5.74, 6) is -0.623. The number of nitrogens with one attached hydrogen (secondary N) is 2. The number of hydrogen-bond donors (Lipinski definition) is 2. The van der Waals surface area contributed by atoms with Gasteiger partial charge in [0.25, 0.3) is 0 Å². The van der Waals surface area contributed by atoms with Crippen LogP contribution in [0.4, 0.5) is 10.1 Å². The molecule has 1 saturated heterocycles. The number of fused-ring (bicyclic) bond motifs is 1. The third-order valence-corrected chi connectivity index (χ3v) is 7.85. The van der Waals surface area contributed by atoms with Crippen molar-refractivity contribution in [3.63, 3.8) is 0 Å². The molecular weight excluding hydrogens is 455 g/mol. The smallest absolute Gasteiger partial charge is 0.243 e. The van der Waals surface area contributed by atoms with Gasteiger partial charge in [0.2, 0.25) is 15.9 Å². The average Bonchev–Trinajstić information content (AvgIpc) is 3.28. The lowest BCUT2D eigenvalue weighted by Crippen LogP contribution is -2.43. The fraction of sp³-hybridized carbons (Fsp3) is 0.200. The van der Waals surface area contributed by atoms with Gasteiger partial charge in [0.15, 0.2) is 0 Å². The lowest BCUT2D eigenvalue weighted by atomic mass is 9.99. The van der Waals surface area contributed by atoms with Gasteiger partial charge in [0.05, 0.1) is 21.8 Å². The molecule has 2 heterocycles. The van der Waals surface area contributed by atoms with E-state index >= 15 is 0 Å². The van der Waals surface area contributed by atoms with Gasteiger partial charge < -0.3 is 10.3 Å². The van der Waals surface area contributed by atoms with E-state index in [2.05, 4.69) is 15.3 Å². The molecule has 34 heavy (non-hydrogen) atoms. The zero-order valence-electron chi connectivity index (χ0n) is 18.2. The van der Waals surface area contributed by atoms with Gasteiger partial charge in [0, 0.05) is 24.3 Å². The minimum Gasteiger partial charge on any atom is -0.338 e. The molecule has 7 nitrogen and oxygen atoms in total. The maximum Gasteiger partial charge on any atom is 0.243 e. The van der Waals surface area contributed by atoms with Crippen molar-refractivity contribution in [3.8, 4) is 11.4 Å². The first-order valence-corrected chi connectivity index (χ1v) is 12.5. The van der Waals surface area contributed by atoms with Crippen LogP contribution in [0.5, 0.6) is 0 Å². The van der Waals surface area contributed by atoms with Crippen LogP contribution in [0.1, 0.15) is 12.8 Å². The number of halogens is 1. The number of anilines is 1. The highest BCUT2D eigenvalue weighted by Gasteiger charge is 2.33. The molecule has 5 rings (SSSR count).